The van der Waals surface area contributed by atoms with Crippen LogP contribution in [0.1, 0.15) is 26.7 Å². The van der Waals surface area contributed by atoms with Gasteiger partial charge in [-0.2, -0.15) is 0 Å². The van der Waals surface area contributed by atoms with E-state index in [2.05, 4.69) is 12.2 Å². The van der Waals surface area contributed by atoms with E-state index in [1.54, 1.807) is 0 Å². The number of hydrogen-bond acceptors (Lipinski definition) is 2. The van der Waals surface area contributed by atoms with Crippen LogP contribution in [0.15, 0.2) is 0 Å². The van der Waals surface area contributed by atoms with Crippen molar-refractivity contribution in [3.63, 3.8) is 0 Å². The first-order valence-electron chi connectivity index (χ1n) is 4.63. The molecule has 3 heteroatoms. The van der Waals surface area contributed by atoms with Crippen LogP contribution >= 0.6 is 0 Å². The van der Waals surface area contributed by atoms with Crippen LogP contribution in [-0.4, -0.2) is 23.7 Å². The summed E-state index contributed by atoms with van der Waals surface area (Å²) in [5, 5.41) is 12.2. The summed E-state index contributed by atoms with van der Waals surface area (Å²) in [6.45, 7) is 4.97. The van der Waals surface area contributed by atoms with E-state index < -0.39 is 5.97 Å². The summed E-state index contributed by atoms with van der Waals surface area (Å²) in [4.78, 5) is 10.8. The van der Waals surface area contributed by atoms with Gasteiger partial charge in [-0.15, -0.1) is 0 Å². The average molecular weight is 171 g/mol. The fourth-order valence-corrected chi connectivity index (χ4v) is 2.02. The average Bonchev–Trinajstić information content (AvgIpc) is 2.04. The van der Waals surface area contributed by atoms with Crippen LogP contribution in [0.4, 0.5) is 0 Å². The van der Waals surface area contributed by atoms with Crippen molar-refractivity contribution in [3.05, 3.63) is 0 Å². The molecule has 1 rings (SSSR count). The van der Waals surface area contributed by atoms with Gasteiger partial charge in [0.2, 0.25) is 0 Å². The summed E-state index contributed by atoms with van der Waals surface area (Å²) in [7, 11) is 0. The number of nitrogens with one attached hydrogen (secondary N) is 1. The van der Waals surface area contributed by atoms with Gasteiger partial charge in [0.05, 0.1) is 5.92 Å². The number of piperidine rings is 1. The van der Waals surface area contributed by atoms with Gasteiger partial charge in [0.1, 0.15) is 0 Å². The highest BCUT2D eigenvalue weighted by molar-refractivity contribution is 5.70. The van der Waals surface area contributed by atoms with Crippen molar-refractivity contribution in [1.29, 1.82) is 0 Å². The van der Waals surface area contributed by atoms with E-state index >= 15 is 0 Å². The molecule has 0 bridgehead atoms. The summed E-state index contributed by atoms with van der Waals surface area (Å²) >= 11 is 0. The van der Waals surface area contributed by atoms with E-state index in [4.69, 9.17) is 5.11 Å². The molecule has 3 unspecified atom stereocenters. The molecule has 1 aliphatic rings. The topological polar surface area (TPSA) is 49.3 Å². The van der Waals surface area contributed by atoms with E-state index in [1.807, 2.05) is 6.92 Å². The van der Waals surface area contributed by atoms with E-state index in [1.165, 1.54) is 0 Å². The molecule has 1 heterocycles. The van der Waals surface area contributed by atoms with Gasteiger partial charge in [-0.3, -0.25) is 4.79 Å². The molecular weight excluding hydrogens is 154 g/mol. The molecule has 0 spiro atoms. The largest absolute Gasteiger partial charge is 0.481 e. The van der Waals surface area contributed by atoms with E-state index in [0.29, 0.717) is 6.04 Å². The Morgan fingerprint density at radius 3 is 2.83 bits per heavy atom. The second-order valence-corrected chi connectivity index (χ2v) is 3.56. The molecule has 2 N–H and O–H groups in total. The van der Waals surface area contributed by atoms with Gasteiger partial charge in [0.25, 0.3) is 0 Å². The molecule has 1 saturated heterocycles. The normalized spacial score (nSPS) is 36.3. The van der Waals surface area contributed by atoms with Gasteiger partial charge in [-0.25, -0.2) is 0 Å². The minimum absolute atomic E-state index is 0.142. The lowest BCUT2D eigenvalue weighted by Crippen LogP contribution is -2.46. The molecule has 0 aliphatic carbocycles. The van der Waals surface area contributed by atoms with Gasteiger partial charge < -0.3 is 10.4 Å². The van der Waals surface area contributed by atoms with Gasteiger partial charge in [0, 0.05) is 6.04 Å². The van der Waals surface area contributed by atoms with Crippen LogP contribution in [0, 0.1) is 11.8 Å². The lowest BCUT2D eigenvalue weighted by molar-refractivity contribution is -0.145. The summed E-state index contributed by atoms with van der Waals surface area (Å²) in [5.74, 6) is -0.514. The van der Waals surface area contributed by atoms with E-state index in [9.17, 15) is 4.79 Å². The number of hydrogen-bond donors (Lipinski definition) is 2. The van der Waals surface area contributed by atoms with Crippen molar-refractivity contribution in [3.8, 4) is 0 Å². The molecule has 0 amide bonds. The SMILES string of the molecule is CCC1NCCC(C(=O)O)C1C. The zero-order valence-electron chi connectivity index (χ0n) is 7.71. The van der Waals surface area contributed by atoms with Crippen LogP contribution < -0.4 is 5.32 Å². The predicted molar refractivity (Wildman–Crippen MR) is 47.0 cm³/mol. The summed E-state index contributed by atoms with van der Waals surface area (Å²) in [5.41, 5.74) is 0. The van der Waals surface area contributed by atoms with Crippen LogP contribution in [-0.2, 0) is 4.79 Å². The van der Waals surface area contributed by atoms with Crippen LogP contribution in [0.2, 0.25) is 0 Å². The Kier molecular flexibility index (Phi) is 3.09. The summed E-state index contributed by atoms with van der Waals surface area (Å²) in [6, 6.07) is 0.389. The Bertz CT molecular complexity index is 170. The molecule has 1 aliphatic heterocycles. The number of carbonyl (C=O) groups is 1. The highest BCUT2D eigenvalue weighted by Crippen LogP contribution is 2.24. The highest BCUT2D eigenvalue weighted by atomic mass is 16.4. The number of rotatable bonds is 2. The third-order valence-electron chi connectivity index (χ3n) is 2.89. The van der Waals surface area contributed by atoms with Crippen molar-refractivity contribution in [2.75, 3.05) is 6.54 Å². The molecule has 70 valence electrons. The Labute approximate surface area is 73.2 Å². The predicted octanol–water partition coefficient (Wildman–Crippen LogP) is 1.10. The van der Waals surface area contributed by atoms with E-state index in [0.717, 1.165) is 19.4 Å². The first kappa shape index (κ1) is 9.52. The highest BCUT2D eigenvalue weighted by Gasteiger charge is 2.32. The summed E-state index contributed by atoms with van der Waals surface area (Å²) < 4.78 is 0. The molecule has 0 aromatic rings. The maximum Gasteiger partial charge on any atom is 0.306 e. The van der Waals surface area contributed by atoms with Crippen LogP contribution in [0.3, 0.4) is 0 Å². The standard InChI is InChI=1S/C9H17NO2/c1-3-8-6(2)7(9(11)12)4-5-10-8/h6-8,10H,3-5H2,1-2H3,(H,11,12). The maximum absolute atomic E-state index is 10.8. The second kappa shape index (κ2) is 3.90. The van der Waals surface area contributed by atoms with Crippen molar-refractivity contribution >= 4 is 5.97 Å². The monoisotopic (exact) mass is 171 g/mol. The fourth-order valence-electron chi connectivity index (χ4n) is 2.02. The van der Waals surface area contributed by atoms with Gasteiger partial charge >= 0.3 is 5.97 Å². The van der Waals surface area contributed by atoms with Crippen molar-refractivity contribution < 1.29 is 9.90 Å². The molecular formula is C9H17NO2. The van der Waals surface area contributed by atoms with Gasteiger partial charge in [-0.05, 0) is 25.3 Å². The smallest absolute Gasteiger partial charge is 0.306 e. The van der Waals surface area contributed by atoms with Crippen molar-refractivity contribution in [2.45, 2.75) is 32.7 Å². The minimum atomic E-state index is -0.637. The third-order valence-corrected chi connectivity index (χ3v) is 2.89. The zero-order valence-corrected chi connectivity index (χ0v) is 7.71. The van der Waals surface area contributed by atoms with Crippen molar-refractivity contribution in [2.24, 2.45) is 11.8 Å². The molecule has 0 saturated carbocycles. The van der Waals surface area contributed by atoms with Gasteiger partial charge in [-0.1, -0.05) is 13.8 Å². The molecule has 1 fully saturated rings. The zero-order chi connectivity index (χ0) is 9.14. The molecule has 0 aromatic heterocycles. The van der Waals surface area contributed by atoms with E-state index in [-0.39, 0.29) is 11.8 Å². The number of carboxylic acids is 1. The number of aliphatic carboxylic acids is 1. The first-order valence-corrected chi connectivity index (χ1v) is 4.63. The Morgan fingerprint density at radius 1 is 1.67 bits per heavy atom. The fraction of sp³-hybridized carbons (Fsp3) is 0.889. The Morgan fingerprint density at radius 2 is 2.33 bits per heavy atom. The third kappa shape index (κ3) is 1.78. The Balaban J connectivity index is 2.59. The van der Waals surface area contributed by atoms with Gasteiger partial charge in [0.15, 0.2) is 0 Å². The summed E-state index contributed by atoms with van der Waals surface area (Å²) in [6.07, 6.45) is 1.79. The van der Waals surface area contributed by atoms with Crippen LogP contribution in [0.25, 0.3) is 0 Å². The maximum atomic E-state index is 10.8. The minimum Gasteiger partial charge on any atom is -0.481 e. The number of carboxylic acid groups (broad SMARTS) is 1. The molecule has 3 nitrogen and oxygen atoms in total. The van der Waals surface area contributed by atoms with Crippen LogP contribution in [0.5, 0.6) is 0 Å². The lowest BCUT2D eigenvalue weighted by Gasteiger charge is -2.34. The molecule has 3 atom stereocenters. The molecule has 12 heavy (non-hydrogen) atoms. The first-order chi connectivity index (χ1) is 5.66. The quantitative estimate of drug-likeness (QED) is 0.654. The lowest BCUT2D eigenvalue weighted by atomic mass is 9.81. The Hall–Kier alpha value is -0.570. The van der Waals surface area contributed by atoms with Crippen molar-refractivity contribution in [1.82, 2.24) is 5.32 Å². The molecule has 0 radical (unpaired) electrons. The second-order valence-electron chi connectivity index (χ2n) is 3.56. The molecule has 0 aromatic carbocycles.